The van der Waals surface area contributed by atoms with Gasteiger partial charge >= 0.3 is 0 Å². The van der Waals surface area contributed by atoms with Crippen molar-refractivity contribution >= 4 is 11.3 Å². The highest BCUT2D eigenvalue weighted by atomic mass is 32.1. The fourth-order valence-corrected chi connectivity index (χ4v) is 1.64. The topological polar surface area (TPSA) is 49.6 Å². The molecule has 0 aliphatic heterocycles. The van der Waals surface area contributed by atoms with Crippen LogP contribution in [-0.4, -0.2) is 9.97 Å². The van der Waals surface area contributed by atoms with Crippen LogP contribution in [0.2, 0.25) is 0 Å². The lowest BCUT2D eigenvalue weighted by Gasteiger charge is -1.94. The van der Waals surface area contributed by atoms with Gasteiger partial charge in [0, 0.05) is 18.0 Å². The molecule has 0 N–H and O–H groups in total. The molecule has 0 amide bonds. The largest absolute Gasteiger partial charge is 0.265 e. The number of nitriles is 1. The van der Waals surface area contributed by atoms with Crippen molar-refractivity contribution in [2.24, 2.45) is 0 Å². The van der Waals surface area contributed by atoms with Gasteiger partial charge in [-0.15, -0.1) is 11.3 Å². The monoisotopic (exact) mass is 187 g/mol. The molecule has 4 heteroatoms. The van der Waals surface area contributed by atoms with Crippen molar-refractivity contribution in [2.45, 2.75) is 0 Å². The summed E-state index contributed by atoms with van der Waals surface area (Å²) in [6, 6.07) is 5.80. The number of hydrogen-bond acceptors (Lipinski definition) is 4. The highest BCUT2D eigenvalue weighted by Crippen LogP contribution is 2.23. The Morgan fingerprint density at radius 1 is 1.31 bits per heavy atom. The van der Waals surface area contributed by atoms with Gasteiger partial charge in [0.15, 0.2) is 0 Å². The third-order valence-electron chi connectivity index (χ3n) is 1.62. The molecule has 0 aromatic carbocycles. The second kappa shape index (κ2) is 3.33. The lowest BCUT2D eigenvalue weighted by molar-refractivity contribution is 1.31. The Bertz CT molecular complexity index is 441. The summed E-state index contributed by atoms with van der Waals surface area (Å²) in [5.41, 5.74) is 3.36. The van der Waals surface area contributed by atoms with Crippen LogP contribution in [0.4, 0.5) is 0 Å². The minimum Gasteiger partial charge on any atom is -0.265 e. The van der Waals surface area contributed by atoms with Gasteiger partial charge in [0.25, 0.3) is 0 Å². The molecule has 2 aromatic rings. The molecule has 2 heterocycles. The first-order valence-electron chi connectivity index (χ1n) is 3.66. The van der Waals surface area contributed by atoms with E-state index < -0.39 is 0 Å². The number of thiazole rings is 1. The van der Waals surface area contributed by atoms with E-state index in [1.165, 1.54) is 11.3 Å². The van der Waals surface area contributed by atoms with Gasteiger partial charge in [-0.1, -0.05) is 0 Å². The quantitative estimate of drug-likeness (QED) is 0.686. The fourth-order valence-electron chi connectivity index (χ4n) is 1.04. The summed E-state index contributed by atoms with van der Waals surface area (Å²) in [7, 11) is 0. The van der Waals surface area contributed by atoms with Gasteiger partial charge in [0.1, 0.15) is 10.9 Å². The van der Waals surface area contributed by atoms with Crippen LogP contribution in [0, 0.1) is 11.3 Å². The highest BCUT2D eigenvalue weighted by Gasteiger charge is 2.06. The minimum absolute atomic E-state index is 0.645. The zero-order valence-corrected chi connectivity index (χ0v) is 7.45. The molecule has 2 rings (SSSR count). The van der Waals surface area contributed by atoms with Crippen molar-refractivity contribution in [3.05, 3.63) is 34.9 Å². The predicted molar refractivity (Wildman–Crippen MR) is 50.1 cm³/mol. The predicted octanol–water partition coefficient (Wildman–Crippen LogP) is 2.08. The van der Waals surface area contributed by atoms with Crippen LogP contribution in [0.25, 0.3) is 11.3 Å². The van der Waals surface area contributed by atoms with E-state index in [2.05, 4.69) is 16.0 Å². The van der Waals surface area contributed by atoms with Gasteiger partial charge in [0.05, 0.1) is 11.2 Å². The first-order chi connectivity index (χ1) is 6.42. The molecule has 0 fully saturated rings. The minimum atomic E-state index is 0.645. The summed E-state index contributed by atoms with van der Waals surface area (Å²) in [5.74, 6) is 0. The van der Waals surface area contributed by atoms with E-state index >= 15 is 0 Å². The Kier molecular flexibility index (Phi) is 2.02. The van der Waals surface area contributed by atoms with E-state index in [0.29, 0.717) is 4.88 Å². The fraction of sp³-hybridized carbons (Fsp3) is 0. The summed E-state index contributed by atoms with van der Waals surface area (Å²) in [4.78, 5) is 8.67. The number of hydrogen-bond donors (Lipinski definition) is 0. The van der Waals surface area contributed by atoms with Crippen LogP contribution in [0.1, 0.15) is 4.88 Å². The second-order valence-corrected chi connectivity index (χ2v) is 3.23. The smallest absolute Gasteiger partial charge is 0.132 e. The van der Waals surface area contributed by atoms with Gasteiger partial charge in [-0.2, -0.15) is 5.26 Å². The van der Waals surface area contributed by atoms with E-state index in [1.54, 1.807) is 17.9 Å². The van der Waals surface area contributed by atoms with Gasteiger partial charge in [-0.3, -0.25) is 4.98 Å². The zero-order chi connectivity index (χ0) is 9.10. The Morgan fingerprint density at radius 2 is 2.08 bits per heavy atom. The highest BCUT2D eigenvalue weighted by molar-refractivity contribution is 7.10. The van der Waals surface area contributed by atoms with E-state index in [1.807, 2.05) is 12.1 Å². The van der Waals surface area contributed by atoms with E-state index in [-0.39, 0.29) is 0 Å². The first-order valence-corrected chi connectivity index (χ1v) is 4.54. The van der Waals surface area contributed by atoms with Gasteiger partial charge in [-0.25, -0.2) is 4.98 Å². The Morgan fingerprint density at radius 3 is 2.77 bits per heavy atom. The van der Waals surface area contributed by atoms with Crippen molar-refractivity contribution in [1.82, 2.24) is 9.97 Å². The molecule has 0 spiro atoms. The molecule has 0 saturated heterocycles. The summed E-state index contributed by atoms with van der Waals surface area (Å²) < 4.78 is 0. The van der Waals surface area contributed by atoms with Gasteiger partial charge in [-0.05, 0) is 12.1 Å². The van der Waals surface area contributed by atoms with E-state index in [9.17, 15) is 0 Å². The number of aromatic nitrogens is 2. The van der Waals surface area contributed by atoms with Crippen LogP contribution < -0.4 is 0 Å². The van der Waals surface area contributed by atoms with Crippen molar-refractivity contribution in [2.75, 3.05) is 0 Å². The molecular formula is C9H5N3S. The molecule has 0 aliphatic carbocycles. The normalized spacial score (nSPS) is 9.46. The summed E-state index contributed by atoms with van der Waals surface area (Å²) >= 11 is 1.35. The SMILES string of the molecule is N#Cc1scnc1-c1ccncc1. The molecule has 2 aromatic heterocycles. The molecule has 0 unspecified atom stereocenters. The average molecular weight is 187 g/mol. The summed E-state index contributed by atoms with van der Waals surface area (Å²) in [6.45, 7) is 0. The van der Waals surface area contributed by atoms with Gasteiger partial charge < -0.3 is 0 Å². The number of rotatable bonds is 1. The molecule has 62 valence electrons. The maximum atomic E-state index is 8.77. The Labute approximate surface area is 79.3 Å². The van der Waals surface area contributed by atoms with E-state index in [0.717, 1.165) is 11.3 Å². The maximum Gasteiger partial charge on any atom is 0.132 e. The molecule has 0 bridgehead atoms. The average Bonchev–Trinajstić information content (AvgIpc) is 2.67. The molecular weight excluding hydrogens is 182 g/mol. The zero-order valence-electron chi connectivity index (χ0n) is 6.64. The third kappa shape index (κ3) is 1.42. The van der Waals surface area contributed by atoms with Crippen LogP contribution in [0.3, 0.4) is 0 Å². The Balaban J connectivity index is 2.54. The van der Waals surface area contributed by atoms with E-state index in [4.69, 9.17) is 5.26 Å². The lowest BCUT2D eigenvalue weighted by atomic mass is 10.2. The molecule has 0 saturated carbocycles. The lowest BCUT2D eigenvalue weighted by Crippen LogP contribution is -1.80. The van der Waals surface area contributed by atoms with Crippen molar-refractivity contribution in [3.63, 3.8) is 0 Å². The molecule has 3 nitrogen and oxygen atoms in total. The van der Waals surface area contributed by atoms with Crippen molar-refractivity contribution in [1.29, 1.82) is 5.26 Å². The summed E-state index contributed by atoms with van der Waals surface area (Å²) in [6.07, 6.45) is 3.38. The maximum absolute atomic E-state index is 8.77. The van der Waals surface area contributed by atoms with Crippen LogP contribution >= 0.6 is 11.3 Å². The molecule has 13 heavy (non-hydrogen) atoms. The standard InChI is InChI=1S/C9H5N3S/c10-5-8-9(12-6-13-8)7-1-3-11-4-2-7/h1-4,6H. The first kappa shape index (κ1) is 7.90. The third-order valence-corrected chi connectivity index (χ3v) is 2.35. The Hall–Kier alpha value is -1.73. The molecule has 0 atom stereocenters. The molecule has 0 aliphatic rings. The second-order valence-electron chi connectivity index (χ2n) is 2.38. The van der Waals surface area contributed by atoms with Crippen LogP contribution in [-0.2, 0) is 0 Å². The van der Waals surface area contributed by atoms with Crippen molar-refractivity contribution < 1.29 is 0 Å². The summed E-state index contributed by atoms with van der Waals surface area (Å²) in [5, 5.41) is 8.77. The van der Waals surface area contributed by atoms with Crippen molar-refractivity contribution in [3.8, 4) is 17.3 Å². The van der Waals surface area contributed by atoms with Crippen LogP contribution in [0.5, 0.6) is 0 Å². The number of nitrogens with zero attached hydrogens (tertiary/aromatic N) is 3. The molecule has 0 radical (unpaired) electrons. The van der Waals surface area contributed by atoms with Crippen LogP contribution in [0.15, 0.2) is 30.0 Å². The number of pyridine rings is 1. The van der Waals surface area contributed by atoms with Gasteiger partial charge in [0.2, 0.25) is 0 Å².